The average molecular weight is 647 g/mol. The number of carbonyl (C=O) groups is 6. The lowest BCUT2D eigenvalue weighted by atomic mass is 9.94. The third-order valence-electron chi connectivity index (χ3n) is 6.78. The third-order valence-corrected chi connectivity index (χ3v) is 6.78. The molecular formula is C33H54N6O7. The van der Waals surface area contributed by atoms with E-state index in [0.717, 1.165) is 24.8 Å². The summed E-state index contributed by atoms with van der Waals surface area (Å²) in [6.07, 6.45) is 3.54. The Balaban J connectivity index is 2.57. The van der Waals surface area contributed by atoms with Crippen molar-refractivity contribution >= 4 is 35.4 Å². The number of rotatable bonds is 22. The van der Waals surface area contributed by atoms with Crippen LogP contribution < -0.4 is 31.9 Å². The first-order chi connectivity index (χ1) is 21.7. The molecule has 0 bridgehead atoms. The summed E-state index contributed by atoms with van der Waals surface area (Å²) in [6.45, 7) is 11.4. The molecule has 6 N–H and O–H groups in total. The van der Waals surface area contributed by atoms with Gasteiger partial charge >= 0.3 is 0 Å². The van der Waals surface area contributed by atoms with Crippen LogP contribution in [0.3, 0.4) is 0 Å². The van der Waals surface area contributed by atoms with Crippen LogP contribution in [0, 0.1) is 5.41 Å². The molecule has 0 unspecified atom stereocenters. The van der Waals surface area contributed by atoms with Gasteiger partial charge in [0.25, 0.3) is 0 Å². The number of hydrogen-bond acceptors (Lipinski definition) is 7. The van der Waals surface area contributed by atoms with Crippen LogP contribution in [0.2, 0.25) is 0 Å². The molecule has 0 saturated carbocycles. The fraction of sp³-hybridized carbons (Fsp3) is 0.636. The second-order valence-corrected chi connectivity index (χ2v) is 12.8. The van der Waals surface area contributed by atoms with Crippen LogP contribution in [-0.2, 0) is 39.9 Å². The fourth-order valence-corrected chi connectivity index (χ4v) is 4.17. The Bertz CT molecular complexity index is 1140. The quantitative estimate of drug-likeness (QED) is 0.102. The normalized spacial score (nSPS) is 12.0. The molecule has 0 spiro atoms. The van der Waals surface area contributed by atoms with Gasteiger partial charge in [-0.1, -0.05) is 70.9 Å². The number of ether oxygens (including phenoxy) is 1. The van der Waals surface area contributed by atoms with Crippen LogP contribution >= 0.6 is 0 Å². The van der Waals surface area contributed by atoms with Gasteiger partial charge in [-0.3, -0.25) is 28.8 Å². The Morgan fingerprint density at radius 3 is 1.98 bits per heavy atom. The Morgan fingerprint density at radius 1 is 0.717 bits per heavy atom. The molecule has 46 heavy (non-hydrogen) atoms. The molecule has 0 aromatic heterocycles. The van der Waals surface area contributed by atoms with Gasteiger partial charge in [0.1, 0.15) is 6.04 Å². The van der Waals surface area contributed by atoms with Crippen molar-refractivity contribution < 1.29 is 33.5 Å². The molecular weight excluding hydrogens is 592 g/mol. The smallest absolute Gasteiger partial charge is 0.243 e. The summed E-state index contributed by atoms with van der Waals surface area (Å²) in [6, 6.07) is 8.07. The average Bonchev–Trinajstić information content (AvgIpc) is 3.00. The number of amides is 6. The van der Waals surface area contributed by atoms with Gasteiger partial charge in [0, 0.05) is 31.2 Å². The van der Waals surface area contributed by atoms with Crippen LogP contribution in [0.15, 0.2) is 30.3 Å². The van der Waals surface area contributed by atoms with Crippen molar-refractivity contribution in [2.45, 2.75) is 91.6 Å². The van der Waals surface area contributed by atoms with Gasteiger partial charge in [0.2, 0.25) is 35.4 Å². The molecule has 1 aromatic rings. The molecule has 0 fully saturated rings. The highest BCUT2D eigenvalue weighted by atomic mass is 16.5. The second kappa shape index (κ2) is 20.9. The lowest BCUT2D eigenvalue weighted by Gasteiger charge is -2.30. The van der Waals surface area contributed by atoms with E-state index in [1.807, 2.05) is 65.0 Å². The molecule has 258 valence electrons. The molecule has 0 heterocycles. The standard InChI is InChI=1S/C33H54N6O7/c1-7-9-11-16-27(41)34-18-28(42)35-20-30(44)38-25(17-24-14-12-10-13-15-24)31(45)36-19-29(43)37-21-32(3,4)22-46-23-33(5,6)39-26(40)8-2/h10,12-15,25H,7-9,11,16-23H2,1-6H3,(H,34,41)(H,35,42)(H,36,45)(H,37,43)(H,38,44)(H,39,40)/t25-/m0/s1. The van der Waals surface area contributed by atoms with Crippen LogP contribution in [-0.4, -0.2) is 86.4 Å². The minimum absolute atomic E-state index is 0.0606. The molecule has 0 aliphatic heterocycles. The summed E-state index contributed by atoms with van der Waals surface area (Å²) >= 11 is 0. The molecule has 0 aliphatic carbocycles. The molecule has 6 amide bonds. The van der Waals surface area contributed by atoms with E-state index < -0.39 is 40.6 Å². The highest BCUT2D eigenvalue weighted by Crippen LogP contribution is 2.15. The zero-order chi connectivity index (χ0) is 34.6. The number of hydrogen-bond donors (Lipinski definition) is 6. The van der Waals surface area contributed by atoms with Crippen molar-refractivity contribution in [3.63, 3.8) is 0 Å². The topological polar surface area (TPSA) is 184 Å². The summed E-state index contributed by atoms with van der Waals surface area (Å²) in [5, 5.41) is 15.9. The minimum atomic E-state index is -1.00. The van der Waals surface area contributed by atoms with Crippen LogP contribution in [0.4, 0.5) is 0 Å². The van der Waals surface area contributed by atoms with Crippen molar-refractivity contribution in [1.29, 1.82) is 0 Å². The first kappa shape index (κ1) is 40.0. The van der Waals surface area contributed by atoms with Gasteiger partial charge in [-0.25, -0.2) is 0 Å². The largest absolute Gasteiger partial charge is 0.378 e. The Kier molecular flexibility index (Phi) is 18.2. The van der Waals surface area contributed by atoms with Crippen LogP contribution in [0.25, 0.3) is 0 Å². The Labute approximate surface area is 273 Å². The summed E-state index contributed by atoms with van der Waals surface area (Å²) in [5.41, 5.74) is -0.156. The summed E-state index contributed by atoms with van der Waals surface area (Å²) in [7, 11) is 0. The first-order valence-electron chi connectivity index (χ1n) is 16.0. The van der Waals surface area contributed by atoms with Crippen molar-refractivity contribution in [2.24, 2.45) is 5.41 Å². The van der Waals surface area contributed by atoms with Gasteiger partial charge in [-0.15, -0.1) is 0 Å². The highest BCUT2D eigenvalue weighted by Gasteiger charge is 2.25. The molecule has 0 aliphatic rings. The summed E-state index contributed by atoms with van der Waals surface area (Å²) < 4.78 is 5.82. The maximum atomic E-state index is 13.1. The van der Waals surface area contributed by atoms with E-state index in [1.165, 1.54) is 0 Å². The van der Waals surface area contributed by atoms with Crippen LogP contribution in [0.5, 0.6) is 0 Å². The summed E-state index contributed by atoms with van der Waals surface area (Å²) in [5.74, 6) is -2.38. The van der Waals surface area contributed by atoms with E-state index in [-0.39, 0.29) is 44.4 Å². The molecule has 1 aromatic carbocycles. The van der Waals surface area contributed by atoms with Crippen LogP contribution in [0.1, 0.15) is 79.2 Å². The SMILES string of the molecule is CCCCCC(=O)NCC(=O)NCC(=O)N[C@@H](Cc1ccccc1)C(=O)NCC(=O)NCC(C)(C)COCC(C)(C)NC(=O)CC. The minimum Gasteiger partial charge on any atom is -0.378 e. The van der Waals surface area contributed by atoms with Gasteiger partial charge in [0.05, 0.1) is 38.4 Å². The molecule has 1 atom stereocenters. The highest BCUT2D eigenvalue weighted by molar-refractivity contribution is 5.92. The van der Waals surface area contributed by atoms with Gasteiger partial charge in [-0.2, -0.15) is 0 Å². The third kappa shape index (κ3) is 18.7. The van der Waals surface area contributed by atoms with E-state index in [4.69, 9.17) is 4.74 Å². The molecule has 0 saturated heterocycles. The number of benzene rings is 1. The molecule has 13 heteroatoms. The van der Waals surface area contributed by atoms with Crippen molar-refractivity contribution in [3.05, 3.63) is 35.9 Å². The predicted molar refractivity (Wildman–Crippen MR) is 175 cm³/mol. The van der Waals surface area contributed by atoms with Crippen molar-refractivity contribution in [3.8, 4) is 0 Å². The van der Waals surface area contributed by atoms with Crippen molar-refractivity contribution in [2.75, 3.05) is 39.4 Å². The Morgan fingerprint density at radius 2 is 1.33 bits per heavy atom. The number of unbranched alkanes of at least 4 members (excludes halogenated alkanes) is 2. The second-order valence-electron chi connectivity index (χ2n) is 12.8. The first-order valence-corrected chi connectivity index (χ1v) is 16.0. The van der Waals surface area contributed by atoms with E-state index in [0.29, 0.717) is 26.1 Å². The summed E-state index contributed by atoms with van der Waals surface area (Å²) in [4.78, 5) is 73.9. The van der Waals surface area contributed by atoms with Gasteiger partial charge < -0.3 is 36.6 Å². The molecule has 13 nitrogen and oxygen atoms in total. The molecule has 1 rings (SSSR count). The maximum absolute atomic E-state index is 13.1. The zero-order valence-corrected chi connectivity index (χ0v) is 28.3. The van der Waals surface area contributed by atoms with Gasteiger partial charge in [0.15, 0.2) is 0 Å². The van der Waals surface area contributed by atoms with E-state index in [2.05, 4.69) is 31.9 Å². The van der Waals surface area contributed by atoms with E-state index in [9.17, 15) is 28.8 Å². The van der Waals surface area contributed by atoms with E-state index >= 15 is 0 Å². The predicted octanol–water partition coefficient (Wildman–Crippen LogP) is 1.11. The van der Waals surface area contributed by atoms with E-state index in [1.54, 1.807) is 6.92 Å². The number of nitrogens with one attached hydrogen (secondary N) is 6. The monoisotopic (exact) mass is 646 g/mol. The molecule has 0 radical (unpaired) electrons. The van der Waals surface area contributed by atoms with Crippen molar-refractivity contribution in [1.82, 2.24) is 31.9 Å². The lowest BCUT2D eigenvalue weighted by molar-refractivity contribution is -0.131. The lowest BCUT2D eigenvalue weighted by Crippen LogP contribution is -2.52. The number of carbonyl (C=O) groups excluding carboxylic acids is 6. The zero-order valence-electron chi connectivity index (χ0n) is 28.3. The van der Waals surface area contributed by atoms with Gasteiger partial charge in [-0.05, 0) is 25.8 Å². The Hall–Kier alpha value is -4.00. The maximum Gasteiger partial charge on any atom is 0.243 e. The fourth-order valence-electron chi connectivity index (χ4n) is 4.17.